The second kappa shape index (κ2) is 6.23. The summed E-state index contributed by atoms with van der Waals surface area (Å²) in [6.45, 7) is 1.69. The number of nitrogens with one attached hydrogen (secondary N) is 3. The fraction of sp³-hybridized carbons (Fsp3) is 0.778. The number of urea groups is 1. The molecule has 0 aromatic heterocycles. The van der Waals surface area contributed by atoms with Gasteiger partial charge < -0.3 is 21.7 Å². The third-order valence-electron chi connectivity index (χ3n) is 2.35. The molecule has 0 aromatic carbocycles. The summed E-state index contributed by atoms with van der Waals surface area (Å²) >= 11 is 0. The topological polar surface area (TPSA) is 96.2 Å². The van der Waals surface area contributed by atoms with Crippen molar-refractivity contribution in [2.45, 2.75) is 25.3 Å². The van der Waals surface area contributed by atoms with Crippen LogP contribution in [0.5, 0.6) is 0 Å². The van der Waals surface area contributed by atoms with Crippen molar-refractivity contribution in [3.63, 3.8) is 0 Å². The molecular weight excluding hydrogens is 196 g/mol. The van der Waals surface area contributed by atoms with Crippen LogP contribution in [0.3, 0.4) is 0 Å². The molecule has 3 amide bonds. The van der Waals surface area contributed by atoms with Crippen molar-refractivity contribution in [3.8, 4) is 0 Å². The minimum absolute atomic E-state index is 0.000899. The SMILES string of the molecule is NC(=O)NCCNC(=O)C1CCCCN1. The summed E-state index contributed by atoms with van der Waals surface area (Å²) in [7, 11) is 0. The van der Waals surface area contributed by atoms with Gasteiger partial charge in [-0.2, -0.15) is 0 Å². The van der Waals surface area contributed by atoms with Crippen LogP contribution in [-0.2, 0) is 4.79 Å². The molecule has 1 aliphatic heterocycles. The predicted octanol–water partition coefficient (Wildman–Crippen LogP) is -1.09. The molecule has 1 atom stereocenters. The van der Waals surface area contributed by atoms with Gasteiger partial charge in [-0.05, 0) is 19.4 Å². The number of hydrogen-bond acceptors (Lipinski definition) is 3. The van der Waals surface area contributed by atoms with Gasteiger partial charge in [0.05, 0.1) is 6.04 Å². The molecule has 5 N–H and O–H groups in total. The van der Waals surface area contributed by atoms with E-state index >= 15 is 0 Å². The molecule has 0 bridgehead atoms. The highest BCUT2D eigenvalue weighted by atomic mass is 16.2. The fourth-order valence-corrected chi connectivity index (χ4v) is 1.57. The maximum absolute atomic E-state index is 11.5. The molecule has 86 valence electrons. The Morgan fingerprint density at radius 3 is 2.60 bits per heavy atom. The van der Waals surface area contributed by atoms with E-state index in [1.807, 2.05) is 0 Å². The van der Waals surface area contributed by atoms with Crippen LogP contribution in [-0.4, -0.2) is 37.6 Å². The molecule has 1 aliphatic rings. The Bertz CT molecular complexity index is 226. The highest BCUT2D eigenvalue weighted by Gasteiger charge is 2.19. The second-order valence-corrected chi connectivity index (χ2v) is 3.58. The standard InChI is InChI=1S/C9H18N4O2/c10-9(15)13-6-5-12-8(14)7-3-1-2-4-11-7/h7,11H,1-6H2,(H,12,14)(H3,10,13,15). The van der Waals surface area contributed by atoms with Crippen LogP contribution in [0.4, 0.5) is 4.79 Å². The number of rotatable bonds is 4. The number of nitrogens with two attached hydrogens (primary N) is 1. The lowest BCUT2D eigenvalue weighted by molar-refractivity contribution is -0.123. The Morgan fingerprint density at radius 2 is 2.00 bits per heavy atom. The third-order valence-corrected chi connectivity index (χ3v) is 2.35. The van der Waals surface area contributed by atoms with E-state index < -0.39 is 6.03 Å². The summed E-state index contributed by atoms with van der Waals surface area (Å²) in [6, 6.07) is -0.646. The molecule has 1 saturated heterocycles. The van der Waals surface area contributed by atoms with Crippen molar-refractivity contribution < 1.29 is 9.59 Å². The molecule has 6 heteroatoms. The van der Waals surface area contributed by atoms with Crippen LogP contribution >= 0.6 is 0 Å². The van der Waals surface area contributed by atoms with Crippen LogP contribution in [0.15, 0.2) is 0 Å². The lowest BCUT2D eigenvalue weighted by Gasteiger charge is -2.22. The van der Waals surface area contributed by atoms with Crippen molar-refractivity contribution >= 4 is 11.9 Å². The summed E-state index contributed by atoms with van der Waals surface area (Å²) in [6.07, 6.45) is 3.10. The molecule has 0 saturated carbocycles. The van der Waals surface area contributed by atoms with E-state index in [9.17, 15) is 9.59 Å². The van der Waals surface area contributed by atoms with E-state index in [2.05, 4.69) is 16.0 Å². The zero-order valence-corrected chi connectivity index (χ0v) is 8.71. The number of carbonyl (C=O) groups excluding carboxylic acids is 2. The van der Waals surface area contributed by atoms with Crippen LogP contribution in [0.2, 0.25) is 0 Å². The molecule has 0 aromatic rings. The lowest BCUT2D eigenvalue weighted by Crippen LogP contribution is -2.48. The number of hydrogen-bond donors (Lipinski definition) is 4. The Balaban J connectivity index is 2.09. The number of carbonyl (C=O) groups is 2. The molecule has 1 rings (SSSR count). The first-order chi connectivity index (χ1) is 7.20. The van der Waals surface area contributed by atoms with Crippen molar-refractivity contribution in [3.05, 3.63) is 0 Å². The monoisotopic (exact) mass is 214 g/mol. The smallest absolute Gasteiger partial charge is 0.312 e. The fourth-order valence-electron chi connectivity index (χ4n) is 1.57. The average molecular weight is 214 g/mol. The first kappa shape index (κ1) is 11.8. The largest absolute Gasteiger partial charge is 0.353 e. The summed E-state index contributed by atoms with van der Waals surface area (Å²) < 4.78 is 0. The van der Waals surface area contributed by atoms with Gasteiger partial charge in [-0.15, -0.1) is 0 Å². The van der Waals surface area contributed by atoms with Gasteiger partial charge in [0.2, 0.25) is 5.91 Å². The van der Waals surface area contributed by atoms with Gasteiger partial charge in [-0.25, -0.2) is 4.79 Å². The van der Waals surface area contributed by atoms with E-state index in [1.165, 1.54) is 0 Å². The van der Waals surface area contributed by atoms with Crippen LogP contribution < -0.4 is 21.7 Å². The van der Waals surface area contributed by atoms with E-state index in [-0.39, 0.29) is 11.9 Å². The summed E-state index contributed by atoms with van der Waals surface area (Å²) in [5.41, 5.74) is 4.88. The Hall–Kier alpha value is -1.30. The zero-order valence-electron chi connectivity index (χ0n) is 8.71. The zero-order chi connectivity index (χ0) is 11.1. The molecule has 0 spiro atoms. The molecule has 1 heterocycles. The Morgan fingerprint density at radius 1 is 1.27 bits per heavy atom. The normalized spacial score (nSPS) is 20.7. The van der Waals surface area contributed by atoms with Crippen molar-refractivity contribution in [2.24, 2.45) is 5.73 Å². The van der Waals surface area contributed by atoms with Crippen LogP contribution in [0.1, 0.15) is 19.3 Å². The first-order valence-corrected chi connectivity index (χ1v) is 5.24. The van der Waals surface area contributed by atoms with Gasteiger partial charge in [-0.3, -0.25) is 4.79 Å². The summed E-state index contributed by atoms with van der Waals surface area (Å²) in [4.78, 5) is 21.9. The van der Waals surface area contributed by atoms with Gasteiger partial charge >= 0.3 is 6.03 Å². The van der Waals surface area contributed by atoms with Crippen LogP contribution in [0.25, 0.3) is 0 Å². The van der Waals surface area contributed by atoms with Crippen molar-refractivity contribution in [2.75, 3.05) is 19.6 Å². The lowest BCUT2D eigenvalue weighted by atomic mass is 10.0. The molecule has 0 radical (unpaired) electrons. The number of primary amides is 1. The van der Waals surface area contributed by atoms with E-state index in [4.69, 9.17) is 5.73 Å². The van der Waals surface area contributed by atoms with E-state index in [0.717, 1.165) is 25.8 Å². The molecule has 6 nitrogen and oxygen atoms in total. The number of amides is 3. The van der Waals surface area contributed by atoms with E-state index in [1.54, 1.807) is 0 Å². The summed E-state index contributed by atoms with van der Waals surface area (Å²) in [5, 5.41) is 8.29. The van der Waals surface area contributed by atoms with Gasteiger partial charge in [-0.1, -0.05) is 6.42 Å². The van der Waals surface area contributed by atoms with E-state index in [0.29, 0.717) is 13.1 Å². The maximum Gasteiger partial charge on any atom is 0.312 e. The third kappa shape index (κ3) is 4.64. The predicted molar refractivity (Wildman–Crippen MR) is 56.2 cm³/mol. The minimum atomic E-state index is -0.569. The maximum atomic E-state index is 11.5. The highest BCUT2D eigenvalue weighted by molar-refractivity contribution is 5.81. The second-order valence-electron chi connectivity index (χ2n) is 3.58. The van der Waals surface area contributed by atoms with Gasteiger partial charge in [0.1, 0.15) is 0 Å². The molecule has 1 unspecified atom stereocenters. The van der Waals surface area contributed by atoms with Gasteiger partial charge in [0.25, 0.3) is 0 Å². The molecule has 15 heavy (non-hydrogen) atoms. The number of piperidine rings is 1. The quantitative estimate of drug-likeness (QED) is 0.448. The summed E-state index contributed by atoms with van der Waals surface area (Å²) in [5.74, 6) is 0.000899. The van der Waals surface area contributed by atoms with Crippen molar-refractivity contribution in [1.29, 1.82) is 0 Å². The molecular formula is C9H18N4O2. The van der Waals surface area contributed by atoms with Gasteiger partial charge in [0.15, 0.2) is 0 Å². The minimum Gasteiger partial charge on any atom is -0.353 e. The highest BCUT2D eigenvalue weighted by Crippen LogP contribution is 2.06. The average Bonchev–Trinajstić information content (AvgIpc) is 2.25. The molecule has 0 aliphatic carbocycles. The first-order valence-electron chi connectivity index (χ1n) is 5.24. The Labute approximate surface area is 89.0 Å². The molecule has 1 fully saturated rings. The van der Waals surface area contributed by atoms with Gasteiger partial charge in [0, 0.05) is 13.1 Å². The Kier molecular flexibility index (Phi) is 4.89. The van der Waals surface area contributed by atoms with Crippen LogP contribution in [0, 0.1) is 0 Å². The van der Waals surface area contributed by atoms with Crippen molar-refractivity contribution in [1.82, 2.24) is 16.0 Å².